The van der Waals surface area contributed by atoms with Gasteiger partial charge in [-0.2, -0.15) is 0 Å². The van der Waals surface area contributed by atoms with E-state index in [-0.39, 0.29) is 0 Å². The van der Waals surface area contributed by atoms with Gasteiger partial charge in [0.15, 0.2) is 0 Å². The predicted octanol–water partition coefficient (Wildman–Crippen LogP) is 3.82. The average molecular weight is 265 g/mol. The number of aromatic nitrogens is 2. The van der Waals surface area contributed by atoms with E-state index in [0.29, 0.717) is 0 Å². The molecule has 3 nitrogen and oxygen atoms in total. The fourth-order valence-electron chi connectivity index (χ4n) is 2.40. The van der Waals surface area contributed by atoms with Gasteiger partial charge >= 0.3 is 0 Å². The number of fused-ring (bicyclic) bond motifs is 1. The van der Waals surface area contributed by atoms with Crippen molar-refractivity contribution in [3.63, 3.8) is 0 Å². The molecule has 1 heterocycles. The third kappa shape index (κ3) is 2.39. The Labute approximate surface area is 119 Å². The quantitative estimate of drug-likeness (QED) is 0.777. The second kappa shape index (κ2) is 5.37. The largest absolute Gasteiger partial charge is 0.356 e. The first-order valence-corrected chi connectivity index (χ1v) is 7.02. The molecule has 3 heteroatoms. The fraction of sp³-hybridized carbons (Fsp3) is 0.235. The summed E-state index contributed by atoms with van der Waals surface area (Å²) in [6, 6.07) is 16.9. The highest BCUT2D eigenvalue weighted by molar-refractivity contribution is 5.78. The van der Waals surface area contributed by atoms with Crippen LogP contribution in [0.15, 0.2) is 48.5 Å². The Morgan fingerprint density at radius 2 is 1.80 bits per heavy atom. The molecule has 0 amide bonds. The van der Waals surface area contributed by atoms with Crippen molar-refractivity contribution in [3.05, 3.63) is 59.7 Å². The van der Waals surface area contributed by atoms with Crippen LogP contribution in [-0.2, 0) is 6.54 Å². The first kappa shape index (κ1) is 12.7. The van der Waals surface area contributed by atoms with Crippen LogP contribution in [0.4, 0.5) is 5.95 Å². The molecule has 3 rings (SSSR count). The minimum atomic E-state index is 0.836. The number of aryl methyl sites for hydroxylation is 1. The smallest absolute Gasteiger partial charge is 0.204 e. The topological polar surface area (TPSA) is 29.9 Å². The van der Waals surface area contributed by atoms with Crippen molar-refractivity contribution in [1.82, 2.24) is 9.55 Å². The van der Waals surface area contributed by atoms with Crippen molar-refractivity contribution >= 4 is 17.0 Å². The molecule has 102 valence electrons. The molecule has 0 saturated heterocycles. The molecule has 0 bridgehead atoms. The molecule has 0 radical (unpaired) electrons. The van der Waals surface area contributed by atoms with Crippen LogP contribution in [0, 0.1) is 6.92 Å². The Balaban J connectivity index is 2.04. The summed E-state index contributed by atoms with van der Waals surface area (Å²) in [5.41, 5.74) is 4.79. The number of hydrogen-bond donors (Lipinski definition) is 1. The second-order valence-electron chi connectivity index (χ2n) is 5.03. The molecule has 2 aromatic carbocycles. The van der Waals surface area contributed by atoms with E-state index in [1.807, 2.05) is 6.07 Å². The van der Waals surface area contributed by atoms with Crippen LogP contribution >= 0.6 is 0 Å². The highest BCUT2D eigenvalue weighted by Gasteiger charge is 2.09. The van der Waals surface area contributed by atoms with Crippen LogP contribution in [0.1, 0.15) is 18.1 Å². The van der Waals surface area contributed by atoms with Crippen LogP contribution in [-0.4, -0.2) is 16.1 Å². The summed E-state index contributed by atoms with van der Waals surface area (Å²) in [7, 11) is 0. The van der Waals surface area contributed by atoms with E-state index in [1.54, 1.807) is 0 Å². The zero-order valence-electron chi connectivity index (χ0n) is 11.9. The number of hydrogen-bond acceptors (Lipinski definition) is 2. The predicted molar refractivity (Wildman–Crippen MR) is 84.2 cm³/mol. The Kier molecular flexibility index (Phi) is 3.42. The van der Waals surface area contributed by atoms with E-state index < -0.39 is 0 Å². The molecular weight excluding hydrogens is 246 g/mol. The molecule has 0 spiro atoms. The molecule has 0 aliphatic heterocycles. The Morgan fingerprint density at radius 1 is 1.05 bits per heavy atom. The van der Waals surface area contributed by atoms with E-state index in [1.165, 1.54) is 16.6 Å². The summed E-state index contributed by atoms with van der Waals surface area (Å²) in [6.07, 6.45) is 0. The highest BCUT2D eigenvalue weighted by atomic mass is 15.2. The van der Waals surface area contributed by atoms with Crippen LogP contribution in [0.2, 0.25) is 0 Å². The highest BCUT2D eigenvalue weighted by Crippen LogP contribution is 2.21. The summed E-state index contributed by atoms with van der Waals surface area (Å²) >= 11 is 0. The third-order valence-corrected chi connectivity index (χ3v) is 3.45. The molecule has 0 aliphatic rings. The van der Waals surface area contributed by atoms with E-state index >= 15 is 0 Å². The first-order valence-electron chi connectivity index (χ1n) is 7.02. The van der Waals surface area contributed by atoms with E-state index in [0.717, 1.165) is 24.6 Å². The van der Waals surface area contributed by atoms with Gasteiger partial charge in [0.2, 0.25) is 5.95 Å². The molecule has 3 aromatic rings. The summed E-state index contributed by atoms with van der Waals surface area (Å²) < 4.78 is 2.24. The summed E-state index contributed by atoms with van der Waals surface area (Å²) in [5, 5.41) is 3.35. The minimum absolute atomic E-state index is 0.836. The lowest BCUT2D eigenvalue weighted by Gasteiger charge is -2.10. The number of nitrogens with zero attached hydrogens (tertiary/aromatic N) is 2. The number of imidazole rings is 1. The van der Waals surface area contributed by atoms with Crippen LogP contribution in [0.5, 0.6) is 0 Å². The number of benzene rings is 2. The zero-order chi connectivity index (χ0) is 13.9. The third-order valence-electron chi connectivity index (χ3n) is 3.45. The van der Waals surface area contributed by atoms with Crippen molar-refractivity contribution < 1.29 is 0 Å². The van der Waals surface area contributed by atoms with Gasteiger partial charge in [-0.3, -0.25) is 0 Å². The maximum absolute atomic E-state index is 4.67. The first-order chi connectivity index (χ1) is 9.78. The van der Waals surface area contributed by atoms with E-state index in [9.17, 15) is 0 Å². The van der Waals surface area contributed by atoms with Gasteiger partial charge in [0.05, 0.1) is 17.6 Å². The monoisotopic (exact) mass is 265 g/mol. The summed E-state index contributed by atoms with van der Waals surface area (Å²) in [6.45, 7) is 5.91. The van der Waals surface area contributed by atoms with Crippen molar-refractivity contribution in [2.75, 3.05) is 11.9 Å². The van der Waals surface area contributed by atoms with Crippen molar-refractivity contribution in [2.45, 2.75) is 20.4 Å². The fourth-order valence-corrected chi connectivity index (χ4v) is 2.40. The maximum Gasteiger partial charge on any atom is 0.204 e. The number of rotatable bonds is 4. The molecular formula is C17H19N3. The average Bonchev–Trinajstić information content (AvgIpc) is 2.80. The van der Waals surface area contributed by atoms with Gasteiger partial charge in [-0.25, -0.2) is 4.98 Å². The van der Waals surface area contributed by atoms with Gasteiger partial charge < -0.3 is 9.88 Å². The molecule has 0 aliphatic carbocycles. The van der Waals surface area contributed by atoms with Crippen LogP contribution in [0.3, 0.4) is 0 Å². The SMILES string of the molecule is CCNc1nc2ccccc2n1Cc1ccc(C)cc1. The number of anilines is 1. The number of para-hydroxylation sites is 2. The molecule has 0 saturated carbocycles. The minimum Gasteiger partial charge on any atom is -0.356 e. The van der Waals surface area contributed by atoms with E-state index in [2.05, 4.69) is 71.2 Å². The van der Waals surface area contributed by atoms with Gasteiger partial charge in [0.25, 0.3) is 0 Å². The van der Waals surface area contributed by atoms with Crippen molar-refractivity contribution in [2.24, 2.45) is 0 Å². The summed E-state index contributed by atoms with van der Waals surface area (Å²) in [4.78, 5) is 4.67. The van der Waals surface area contributed by atoms with Crippen molar-refractivity contribution in [1.29, 1.82) is 0 Å². The molecule has 1 aromatic heterocycles. The van der Waals surface area contributed by atoms with E-state index in [4.69, 9.17) is 0 Å². The van der Waals surface area contributed by atoms with Crippen LogP contribution in [0.25, 0.3) is 11.0 Å². The van der Waals surface area contributed by atoms with Gasteiger partial charge in [-0.05, 0) is 31.5 Å². The Bertz CT molecular complexity index is 711. The molecule has 20 heavy (non-hydrogen) atoms. The molecule has 0 atom stereocenters. The molecule has 1 N–H and O–H groups in total. The van der Waals surface area contributed by atoms with Gasteiger partial charge in [-0.1, -0.05) is 42.0 Å². The zero-order valence-corrected chi connectivity index (χ0v) is 11.9. The van der Waals surface area contributed by atoms with Crippen LogP contribution < -0.4 is 5.32 Å². The lowest BCUT2D eigenvalue weighted by molar-refractivity contribution is 0.825. The Hall–Kier alpha value is -2.29. The maximum atomic E-state index is 4.67. The van der Waals surface area contributed by atoms with Gasteiger partial charge in [-0.15, -0.1) is 0 Å². The summed E-state index contributed by atoms with van der Waals surface area (Å²) in [5.74, 6) is 0.939. The van der Waals surface area contributed by atoms with Crippen molar-refractivity contribution in [3.8, 4) is 0 Å². The Morgan fingerprint density at radius 3 is 2.55 bits per heavy atom. The number of nitrogens with one attached hydrogen (secondary N) is 1. The lowest BCUT2D eigenvalue weighted by Crippen LogP contribution is -2.07. The molecule has 0 fully saturated rings. The molecule has 0 unspecified atom stereocenters. The van der Waals surface area contributed by atoms with Gasteiger partial charge in [0, 0.05) is 6.54 Å². The normalized spacial score (nSPS) is 10.9. The second-order valence-corrected chi connectivity index (χ2v) is 5.03. The van der Waals surface area contributed by atoms with Gasteiger partial charge in [0.1, 0.15) is 0 Å². The standard InChI is InChI=1S/C17H19N3/c1-3-18-17-19-15-6-4-5-7-16(15)20(17)12-14-10-8-13(2)9-11-14/h4-11H,3,12H2,1-2H3,(H,18,19). The lowest BCUT2D eigenvalue weighted by atomic mass is 10.1.